The molecule has 0 radical (unpaired) electrons. The number of nitrogens with two attached hydrogens (primary N) is 1. The molecule has 2 rings (SSSR count). The molecule has 5 heteroatoms. The first kappa shape index (κ1) is 12.6. The first-order valence-electron chi connectivity index (χ1n) is 5.27. The highest BCUT2D eigenvalue weighted by molar-refractivity contribution is 9.10. The Balaban J connectivity index is 2.31. The normalized spacial score (nSPS) is 10.1. The van der Waals surface area contributed by atoms with Crippen molar-refractivity contribution in [1.29, 1.82) is 0 Å². The van der Waals surface area contributed by atoms with Crippen molar-refractivity contribution in [2.45, 2.75) is 6.92 Å². The molecule has 0 aliphatic heterocycles. The van der Waals surface area contributed by atoms with Crippen LogP contribution in [-0.2, 0) is 0 Å². The quantitative estimate of drug-likeness (QED) is 0.948. The number of rotatable bonds is 3. The van der Waals surface area contributed by atoms with Gasteiger partial charge in [-0.2, -0.15) is 0 Å². The number of nitrogens with zero attached hydrogens (tertiary/aromatic N) is 1. The van der Waals surface area contributed by atoms with Gasteiger partial charge in [-0.3, -0.25) is 4.79 Å². The van der Waals surface area contributed by atoms with Crippen molar-refractivity contribution in [3.8, 4) is 11.6 Å². The Morgan fingerprint density at radius 1 is 1.39 bits per heavy atom. The van der Waals surface area contributed by atoms with Crippen molar-refractivity contribution < 1.29 is 9.53 Å². The monoisotopic (exact) mass is 306 g/mol. The van der Waals surface area contributed by atoms with Crippen LogP contribution in [0.2, 0.25) is 0 Å². The standard InChI is InChI=1S/C13H11BrN2O2/c1-8-5-6-16-13(11(8)14)18-10-4-2-3-9(7-10)12(15)17/h2-7H,1H3,(H2,15,17). The average Bonchev–Trinajstić information content (AvgIpc) is 2.35. The van der Waals surface area contributed by atoms with Gasteiger partial charge in [-0.15, -0.1) is 0 Å². The van der Waals surface area contributed by atoms with E-state index in [0.29, 0.717) is 17.2 Å². The van der Waals surface area contributed by atoms with Crippen LogP contribution in [0.4, 0.5) is 0 Å². The van der Waals surface area contributed by atoms with Gasteiger partial charge in [0.2, 0.25) is 11.8 Å². The van der Waals surface area contributed by atoms with Gasteiger partial charge in [0, 0.05) is 11.8 Å². The minimum absolute atomic E-state index is 0.399. The van der Waals surface area contributed by atoms with Gasteiger partial charge in [-0.05, 0) is 52.7 Å². The van der Waals surface area contributed by atoms with E-state index in [1.807, 2.05) is 13.0 Å². The van der Waals surface area contributed by atoms with Crippen LogP contribution in [0, 0.1) is 6.92 Å². The zero-order valence-corrected chi connectivity index (χ0v) is 11.3. The Bertz CT molecular complexity index is 599. The molecular formula is C13H11BrN2O2. The van der Waals surface area contributed by atoms with Crippen molar-refractivity contribution in [2.24, 2.45) is 5.73 Å². The summed E-state index contributed by atoms with van der Waals surface area (Å²) in [4.78, 5) is 15.2. The number of halogens is 1. The highest BCUT2D eigenvalue weighted by Gasteiger charge is 2.08. The second kappa shape index (κ2) is 5.18. The molecular weight excluding hydrogens is 296 g/mol. The van der Waals surface area contributed by atoms with E-state index in [2.05, 4.69) is 20.9 Å². The molecule has 0 fully saturated rings. The summed E-state index contributed by atoms with van der Waals surface area (Å²) in [6, 6.07) is 8.53. The molecule has 1 aromatic heterocycles. The first-order chi connectivity index (χ1) is 8.58. The third-order valence-electron chi connectivity index (χ3n) is 2.38. The van der Waals surface area contributed by atoms with Gasteiger partial charge >= 0.3 is 0 Å². The number of carbonyl (C=O) groups excluding carboxylic acids is 1. The lowest BCUT2D eigenvalue weighted by molar-refractivity contribution is 0.1000. The van der Waals surface area contributed by atoms with Gasteiger partial charge in [0.25, 0.3) is 0 Å². The number of aryl methyl sites for hydroxylation is 1. The van der Waals surface area contributed by atoms with Crippen molar-refractivity contribution in [2.75, 3.05) is 0 Å². The van der Waals surface area contributed by atoms with Crippen molar-refractivity contribution >= 4 is 21.8 Å². The van der Waals surface area contributed by atoms with Gasteiger partial charge in [-0.1, -0.05) is 6.07 Å². The number of primary amides is 1. The maximum atomic E-state index is 11.1. The SMILES string of the molecule is Cc1ccnc(Oc2cccc(C(N)=O)c2)c1Br. The van der Waals surface area contributed by atoms with Crippen LogP contribution in [-0.4, -0.2) is 10.9 Å². The van der Waals surface area contributed by atoms with E-state index < -0.39 is 5.91 Å². The number of carbonyl (C=O) groups is 1. The molecule has 0 aliphatic rings. The fourth-order valence-electron chi connectivity index (χ4n) is 1.41. The van der Waals surface area contributed by atoms with Gasteiger partial charge in [0.15, 0.2) is 0 Å². The Kier molecular flexibility index (Phi) is 3.62. The summed E-state index contributed by atoms with van der Waals surface area (Å²) in [5.41, 5.74) is 6.63. The van der Waals surface area contributed by atoms with Gasteiger partial charge in [0.1, 0.15) is 5.75 Å². The lowest BCUT2D eigenvalue weighted by Gasteiger charge is -2.08. The van der Waals surface area contributed by atoms with Crippen molar-refractivity contribution in [3.05, 3.63) is 52.1 Å². The molecule has 0 saturated carbocycles. The Morgan fingerprint density at radius 2 is 2.17 bits per heavy atom. The van der Waals surface area contributed by atoms with E-state index in [4.69, 9.17) is 10.5 Å². The molecule has 18 heavy (non-hydrogen) atoms. The molecule has 0 bridgehead atoms. The van der Waals surface area contributed by atoms with Crippen LogP contribution in [0.3, 0.4) is 0 Å². The van der Waals surface area contributed by atoms with Crippen molar-refractivity contribution in [1.82, 2.24) is 4.98 Å². The van der Waals surface area contributed by atoms with Crippen LogP contribution in [0.1, 0.15) is 15.9 Å². The second-order valence-corrected chi connectivity index (χ2v) is 4.53. The van der Waals surface area contributed by atoms with E-state index in [-0.39, 0.29) is 0 Å². The fourth-order valence-corrected chi connectivity index (χ4v) is 1.73. The van der Waals surface area contributed by atoms with E-state index in [9.17, 15) is 4.79 Å². The molecule has 0 atom stereocenters. The highest BCUT2D eigenvalue weighted by atomic mass is 79.9. The topological polar surface area (TPSA) is 65.2 Å². The van der Waals surface area contributed by atoms with Crippen LogP contribution in [0.5, 0.6) is 11.6 Å². The summed E-state index contributed by atoms with van der Waals surface area (Å²) in [6.07, 6.45) is 1.66. The fraction of sp³-hybridized carbons (Fsp3) is 0.0769. The molecule has 92 valence electrons. The molecule has 2 N–H and O–H groups in total. The van der Waals surface area contributed by atoms with Crippen LogP contribution in [0.15, 0.2) is 41.0 Å². The van der Waals surface area contributed by atoms with E-state index >= 15 is 0 Å². The van der Waals surface area contributed by atoms with Crippen LogP contribution >= 0.6 is 15.9 Å². The molecule has 0 unspecified atom stereocenters. The van der Waals surface area contributed by atoms with Gasteiger partial charge in [0.05, 0.1) is 4.47 Å². The molecule has 0 spiro atoms. The Hall–Kier alpha value is -1.88. The number of amides is 1. The summed E-state index contributed by atoms with van der Waals surface area (Å²) in [6.45, 7) is 1.94. The zero-order valence-electron chi connectivity index (χ0n) is 9.68. The van der Waals surface area contributed by atoms with Gasteiger partial charge < -0.3 is 10.5 Å². The molecule has 1 amide bonds. The maximum absolute atomic E-state index is 11.1. The number of aromatic nitrogens is 1. The number of ether oxygens (including phenoxy) is 1. The van der Waals surface area contributed by atoms with E-state index in [1.54, 1.807) is 30.5 Å². The van der Waals surface area contributed by atoms with E-state index in [1.165, 1.54) is 0 Å². The minimum atomic E-state index is -0.489. The maximum Gasteiger partial charge on any atom is 0.248 e. The number of hydrogen-bond acceptors (Lipinski definition) is 3. The third kappa shape index (κ3) is 2.68. The minimum Gasteiger partial charge on any atom is -0.438 e. The Labute approximate surface area is 113 Å². The Morgan fingerprint density at radius 3 is 2.89 bits per heavy atom. The first-order valence-corrected chi connectivity index (χ1v) is 6.06. The summed E-state index contributed by atoms with van der Waals surface area (Å²) in [5, 5.41) is 0. The van der Waals surface area contributed by atoms with E-state index in [0.717, 1.165) is 10.0 Å². The molecule has 0 saturated heterocycles. The summed E-state index contributed by atoms with van der Waals surface area (Å²) >= 11 is 3.41. The number of pyridine rings is 1. The largest absolute Gasteiger partial charge is 0.438 e. The molecule has 1 aromatic carbocycles. The van der Waals surface area contributed by atoms with Gasteiger partial charge in [-0.25, -0.2) is 4.98 Å². The predicted octanol–water partition coefficient (Wildman–Crippen LogP) is 3.04. The predicted molar refractivity (Wildman–Crippen MR) is 71.7 cm³/mol. The summed E-state index contributed by atoms with van der Waals surface area (Å²) in [7, 11) is 0. The second-order valence-electron chi connectivity index (χ2n) is 3.74. The van der Waals surface area contributed by atoms with Crippen LogP contribution in [0.25, 0.3) is 0 Å². The molecule has 0 aliphatic carbocycles. The van der Waals surface area contributed by atoms with Crippen LogP contribution < -0.4 is 10.5 Å². The lowest BCUT2D eigenvalue weighted by atomic mass is 10.2. The molecule has 2 aromatic rings. The molecule has 4 nitrogen and oxygen atoms in total. The number of benzene rings is 1. The lowest BCUT2D eigenvalue weighted by Crippen LogP contribution is -2.10. The third-order valence-corrected chi connectivity index (χ3v) is 3.35. The highest BCUT2D eigenvalue weighted by Crippen LogP contribution is 2.29. The average molecular weight is 307 g/mol. The molecule has 1 heterocycles. The smallest absolute Gasteiger partial charge is 0.248 e. The number of hydrogen-bond donors (Lipinski definition) is 1. The zero-order chi connectivity index (χ0) is 13.1. The summed E-state index contributed by atoms with van der Waals surface area (Å²) < 4.78 is 6.40. The summed E-state index contributed by atoms with van der Waals surface area (Å²) in [5.74, 6) is 0.485. The van der Waals surface area contributed by atoms with Crippen molar-refractivity contribution in [3.63, 3.8) is 0 Å².